The van der Waals surface area contributed by atoms with Gasteiger partial charge in [-0.3, -0.25) is 0 Å². The molecule has 0 aromatic carbocycles. The van der Waals surface area contributed by atoms with Crippen molar-refractivity contribution in [2.24, 2.45) is 5.92 Å². The lowest BCUT2D eigenvalue weighted by Crippen LogP contribution is -2.44. The van der Waals surface area contributed by atoms with E-state index in [0.717, 1.165) is 5.92 Å². The third-order valence-electron chi connectivity index (χ3n) is 1.59. The molecule has 0 aromatic heterocycles. The smallest absolute Gasteiger partial charge is 0.00192 e. The number of likely N-dealkylation sites (tertiary alicyclic amines) is 1. The molecule has 0 amide bonds. The summed E-state index contributed by atoms with van der Waals surface area (Å²) >= 11 is 0. The van der Waals surface area contributed by atoms with Crippen LogP contribution in [0.15, 0.2) is 0 Å². The van der Waals surface area contributed by atoms with E-state index in [4.69, 9.17) is 18.3 Å². The highest BCUT2D eigenvalue weighted by atomic mass is 20.0. The Labute approximate surface area is 63.7 Å². The van der Waals surface area contributed by atoms with E-state index in [0.29, 0.717) is 0 Å². The average molecular weight is 175 g/mol. The molecule has 1 aliphatic rings. The SMILES string of the molecule is CCN1CC(C)C1.FF.FF. The van der Waals surface area contributed by atoms with Gasteiger partial charge in [0, 0.05) is 31.4 Å². The minimum atomic E-state index is 0.972. The first-order valence-electron chi connectivity index (χ1n) is 3.34. The second-order valence-corrected chi connectivity index (χ2v) is 2.46. The molecule has 11 heavy (non-hydrogen) atoms. The molecule has 1 rings (SSSR count). The highest BCUT2D eigenvalue weighted by molar-refractivity contribution is 4.73. The summed E-state index contributed by atoms with van der Waals surface area (Å²) in [5.41, 5.74) is 0. The number of halogens is 4. The van der Waals surface area contributed by atoms with Crippen LogP contribution in [0.4, 0.5) is 18.3 Å². The van der Waals surface area contributed by atoms with E-state index in [9.17, 15) is 0 Å². The van der Waals surface area contributed by atoms with Crippen LogP contribution in [0.3, 0.4) is 0 Å². The van der Waals surface area contributed by atoms with Crippen molar-refractivity contribution in [2.45, 2.75) is 13.8 Å². The third-order valence-corrected chi connectivity index (χ3v) is 1.59. The molecule has 0 aliphatic carbocycles. The Morgan fingerprint density at radius 3 is 1.64 bits per heavy atom. The van der Waals surface area contributed by atoms with Crippen molar-refractivity contribution in [1.82, 2.24) is 4.90 Å². The van der Waals surface area contributed by atoms with Crippen LogP contribution in [0.1, 0.15) is 13.8 Å². The average Bonchev–Trinajstić information content (AvgIpc) is 2.06. The van der Waals surface area contributed by atoms with E-state index in [-0.39, 0.29) is 0 Å². The van der Waals surface area contributed by atoms with Gasteiger partial charge in [-0.25, -0.2) is 0 Å². The molecule has 0 aromatic rings. The first-order valence-corrected chi connectivity index (χ1v) is 3.34. The van der Waals surface area contributed by atoms with Crippen LogP contribution < -0.4 is 0 Å². The maximum Gasteiger partial charge on any atom is 0.00192 e. The van der Waals surface area contributed by atoms with Gasteiger partial charge in [0.05, 0.1) is 0 Å². The molecule has 70 valence electrons. The predicted octanol–water partition coefficient (Wildman–Crippen LogP) is 2.64. The van der Waals surface area contributed by atoms with Crippen molar-refractivity contribution in [2.75, 3.05) is 19.6 Å². The molecule has 1 aliphatic heterocycles. The molecular weight excluding hydrogens is 162 g/mol. The van der Waals surface area contributed by atoms with Gasteiger partial charge in [0.15, 0.2) is 0 Å². The Hall–Kier alpha value is -0.320. The van der Waals surface area contributed by atoms with Crippen LogP contribution in [-0.2, 0) is 0 Å². The topological polar surface area (TPSA) is 3.24 Å². The Kier molecular flexibility index (Phi) is 11.7. The zero-order valence-electron chi connectivity index (χ0n) is 6.66. The van der Waals surface area contributed by atoms with Crippen LogP contribution in [0.5, 0.6) is 0 Å². The number of hydrogen-bond acceptors (Lipinski definition) is 1. The molecule has 0 saturated carbocycles. The highest BCUT2D eigenvalue weighted by Gasteiger charge is 2.19. The van der Waals surface area contributed by atoms with Crippen LogP contribution in [0, 0.1) is 5.92 Å². The first-order chi connectivity index (χ1) is 5.33. The van der Waals surface area contributed by atoms with Crippen molar-refractivity contribution >= 4 is 0 Å². The normalized spacial score (nSPS) is 16.9. The lowest BCUT2D eigenvalue weighted by Gasteiger charge is -2.35. The van der Waals surface area contributed by atoms with E-state index in [2.05, 4.69) is 18.7 Å². The van der Waals surface area contributed by atoms with Gasteiger partial charge in [0.25, 0.3) is 0 Å². The lowest BCUT2D eigenvalue weighted by atomic mass is 10.0. The van der Waals surface area contributed by atoms with Crippen molar-refractivity contribution in [3.63, 3.8) is 0 Å². The minimum Gasteiger partial charge on any atom is -0.303 e. The summed E-state index contributed by atoms with van der Waals surface area (Å²) in [7, 11) is 0. The standard InChI is InChI=1S/C6H13N.2F2/c1-3-7-4-6(2)5-7;2*1-2/h6H,3-5H2,1-2H3;;. The zero-order chi connectivity index (χ0) is 9.28. The van der Waals surface area contributed by atoms with Gasteiger partial charge >= 0.3 is 0 Å². The number of hydrogen-bond donors (Lipinski definition) is 0. The minimum absolute atomic E-state index is 0.972. The fraction of sp³-hybridized carbons (Fsp3) is 1.00. The molecule has 1 fully saturated rings. The summed E-state index contributed by atoms with van der Waals surface area (Å²) in [6, 6.07) is 0. The Balaban J connectivity index is 0. The molecule has 0 bridgehead atoms. The quantitative estimate of drug-likeness (QED) is 0.554. The van der Waals surface area contributed by atoms with Crippen molar-refractivity contribution in [1.29, 1.82) is 0 Å². The second kappa shape index (κ2) is 9.68. The Morgan fingerprint density at radius 2 is 1.55 bits per heavy atom. The van der Waals surface area contributed by atoms with Crippen LogP contribution in [-0.4, -0.2) is 24.5 Å². The Morgan fingerprint density at radius 1 is 1.18 bits per heavy atom. The predicted molar refractivity (Wildman–Crippen MR) is 35.7 cm³/mol. The number of rotatable bonds is 1. The van der Waals surface area contributed by atoms with Gasteiger partial charge in [-0.2, -0.15) is 0 Å². The van der Waals surface area contributed by atoms with Crippen LogP contribution >= 0.6 is 0 Å². The first kappa shape index (κ1) is 13.3. The maximum atomic E-state index is 8.00. The summed E-state index contributed by atoms with van der Waals surface area (Å²) in [4.78, 5) is 2.45. The molecule has 0 unspecified atom stereocenters. The number of nitrogens with zero attached hydrogens (tertiary/aromatic N) is 1. The largest absolute Gasteiger partial charge is 0.303 e. The van der Waals surface area contributed by atoms with E-state index in [1.54, 1.807) is 0 Å². The summed E-state index contributed by atoms with van der Waals surface area (Å²) in [5, 5.41) is 0. The zero-order valence-corrected chi connectivity index (χ0v) is 6.66. The highest BCUT2D eigenvalue weighted by Crippen LogP contribution is 2.11. The van der Waals surface area contributed by atoms with Gasteiger partial charge in [-0.05, 0) is 12.5 Å². The molecule has 1 heterocycles. The van der Waals surface area contributed by atoms with Crippen LogP contribution in [0.25, 0.3) is 0 Å². The summed E-state index contributed by atoms with van der Waals surface area (Å²) < 4.78 is 32.0. The molecule has 0 spiro atoms. The summed E-state index contributed by atoms with van der Waals surface area (Å²) in [6.45, 7) is 8.41. The van der Waals surface area contributed by atoms with Crippen LogP contribution in [0.2, 0.25) is 0 Å². The maximum absolute atomic E-state index is 8.00. The molecule has 0 N–H and O–H groups in total. The van der Waals surface area contributed by atoms with Crippen molar-refractivity contribution < 1.29 is 18.3 Å². The van der Waals surface area contributed by atoms with E-state index in [1.165, 1.54) is 19.6 Å². The van der Waals surface area contributed by atoms with Gasteiger partial charge < -0.3 is 4.90 Å². The molecule has 1 nitrogen and oxygen atoms in total. The van der Waals surface area contributed by atoms with Gasteiger partial charge in [-0.15, -0.1) is 0 Å². The van der Waals surface area contributed by atoms with Crippen molar-refractivity contribution in [3.05, 3.63) is 0 Å². The van der Waals surface area contributed by atoms with Gasteiger partial charge in [0.1, 0.15) is 0 Å². The van der Waals surface area contributed by atoms with Crippen molar-refractivity contribution in [3.8, 4) is 0 Å². The van der Waals surface area contributed by atoms with Gasteiger partial charge in [0.2, 0.25) is 0 Å². The monoisotopic (exact) mass is 175 g/mol. The van der Waals surface area contributed by atoms with E-state index in [1.807, 2.05) is 0 Å². The molecular formula is C6H13F4N. The summed E-state index contributed by atoms with van der Waals surface area (Å²) in [6.07, 6.45) is 0. The van der Waals surface area contributed by atoms with Gasteiger partial charge in [-0.1, -0.05) is 13.8 Å². The third kappa shape index (κ3) is 6.09. The lowest BCUT2D eigenvalue weighted by molar-refractivity contribution is 0.108. The van der Waals surface area contributed by atoms with E-state index < -0.39 is 0 Å². The molecule has 5 heteroatoms. The Bertz CT molecular complexity index is 65.6. The summed E-state index contributed by atoms with van der Waals surface area (Å²) in [5.74, 6) is 0.972. The molecule has 1 saturated heterocycles. The molecule has 0 atom stereocenters. The van der Waals surface area contributed by atoms with E-state index >= 15 is 0 Å². The molecule has 0 radical (unpaired) electrons. The fourth-order valence-electron chi connectivity index (χ4n) is 1.09. The fourth-order valence-corrected chi connectivity index (χ4v) is 1.09. The second-order valence-electron chi connectivity index (χ2n) is 2.46.